The summed E-state index contributed by atoms with van der Waals surface area (Å²) in [6, 6.07) is 12.8. The molecule has 7 nitrogen and oxygen atoms in total. The maximum Gasteiger partial charge on any atom is 0.269 e. The number of pyridine rings is 1. The van der Waals surface area contributed by atoms with Crippen molar-refractivity contribution in [1.82, 2.24) is 10.3 Å². The fourth-order valence-electron chi connectivity index (χ4n) is 2.90. The maximum atomic E-state index is 13.3. The highest BCUT2D eigenvalue weighted by molar-refractivity contribution is 7.12. The van der Waals surface area contributed by atoms with E-state index in [1.54, 1.807) is 60.9 Å². The first-order valence-corrected chi connectivity index (χ1v) is 9.72. The van der Waals surface area contributed by atoms with E-state index in [1.807, 2.05) is 5.38 Å². The summed E-state index contributed by atoms with van der Waals surface area (Å²) in [4.78, 5) is 32.6. The van der Waals surface area contributed by atoms with E-state index in [0.29, 0.717) is 22.1 Å². The zero-order valence-electron chi connectivity index (χ0n) is 15.2. The zero-order valence-corrected chi connectivity index (χ0v) is 16.0. The minimum atomic E-state index is -1.02. The third-order valence-electron chi connectivity index (χ3n) is 4.21. The Bertz CT molecular complexity index is 1050. The molecule has 0 radical (unpaired) electrons. The monoisotopic (exact) mass is 407 g/mol. The summed E-state index contributed by atoms with van der Waals surface area (Å²) in [7, 11) is 0. The van der Waals surface area contributed by atoms with Gasteiger partial charge in [-0.3, -0.25) is 19.5 Å². The molecule has 0 aromatic carbocycles. The van der Waals surface area contributed by atoms with Crippen LogP contribution in [0.4, 0.5) is 5.69 Å². The van der Waals surface area contributed by atoms with Gasteiger partial charge in [0.2, 0.25) is 0 Å². The van der Waals surface area contributed by atoms with Gasteiger partial charge in [0.05, 0.1) is 35.8 Å². The van der Waals surface area contributed by atoms with Crippen molar-refractivity contribution >= 4 is 28.8 Å². The molecular formula is C21H17N3O4S. The average molecular weight is 407 g/mol. The molecule has 0 aliphatic heterocycles. The minimum Gasteiger partial charge on any atom is -0.467 e. The molecule has 4 rings (SSSR count). The van der Waals surface area contributed by atoms with Crippen LogP contribution in [0.3, 0.4) is 0 Å². The maximum absolute atomic E-state index is 13.3. The number of nitrogens with one attached hydrogen (secondary N) is 1. The van der Waals surface area contributed by atoms with E-state index >= 15 is 0 Å². The molecule has 0 saturated carbocycles. The van der Waals surface area contributed by atoms with Gasteiger partial charge in [-0.25, -0.2) is 0 Å². The third-order valence-corrected chi connectivity index (χ3v) is 5.07. The zero-order chi connectivity index (χ0) is 20.1. The molecule has 2 amide bonds. The number of furan rings is 2. The standard InChI is InChI=1S/C21H17N3O4S/c25-20(23-14-16-6-2-10-27-16)19(17-7-3-11-28-17)24(15-5-1-9-22-13-15)21(26)18-8-4-12-29-18/h1-13,19H,14H2,(H,23,25)/t19-/m1/s1. The second-order valence-corrected chi connectivity index (χ2v) is 7.03. The van der Waals surface area contributed by atoms with Crippen LogP contribution in [-0.4, -0.2) is 16.8 Å². The molecule has 4 aromatic rings. The highest BCUT2D eigenvalue weighted by Gasteiger charge is 2.35. The molecule has 0 spiro atoms. The molecule has 0 aliphatic rings. The lowest BCUT2D eigenvalue weighted by Gasteiger charge is -2.29. The van der Waals surface area contributed by atoms with Gasteiger partial charge in [0, 0.05) is 6.20 Å². The fraction of sp³-hybridized carbons (Fsp3) is 0.0952. The van der Waals surface area contributed by atoms with Gasteiger partial charge in [-0.2, -0.15) is 0 Å². The first kappa shape index (κ1) is 18.7. The fourth-order valence-corrected chi connectivity index (χ4v) is 3.56. The number of amides is 2. The number of thiophene rings is 1. The van der Waals surface area contributed by atoms with Crippen LogP contribution in [0.2, 0.25) is 0 Å². The largest absolute Gasteiger partial charge is 0.467 e. The Morgan fingerprint density at radius 1 is 1.07 bits per heavy atom. The molecule has 146 valence electrons. The molecular weight excluding hydrogens is 390 g/mol. The quantitative estimate of drug-likeness (QED) is 0.500. The highest BCUT2D eigenvalue weighted by Crippen LogP contribution is 2.30. The molecule has 29 heavy (non-hydrogen) atoms. The van der Waals surface area contributed by atoms with Crippen LogP contribution in [0, 0.1) is 0 Å². The average Bonchev–Trinajstić information content (AvgIpc) is 3.53. The Kier molecular flexibility index (Phi) is 5.53. The van der Waals surface area contributed by atoms with E-state index in [-0.39, 0.29) is 12.5 Å². The topological polar surface area (TPSA) is 88.6 Å². The number of carbonyl (C=O) groups is 2. The molecule has 0 saturated heterocycles. The lowest BCUT2D eigenvalue weighted by atomic mass is 10.1. The second-order valence-electron chi connectivity index (χ2n) is 6.08. The lowest BCUT2D eigenvalue weighted by Crippen LogP contribution is -2.43. The van der Waals surface area contributed by atoms with Crippen LogP contribution >= 0.6 is 11.3 Å². The summed E-state index contributed by atoms with van der Waals surface area (Å²) in [6.45, 7) is 0.192. The summed E-state index contributed by atoms with van der Waals surface area (Å²) < 4.78 is 10.8. The number of rotatable bonds is 7. The molecule has 0 aliphatic carbocycles. The molecule has 4 aromatic heterocycles. The van der Waals surface area contributed by atoms with E-state index in [4.69, 9.17) is 8.83 Å². The number of hydrogen-bond acceptors (Lipinski definition) is 6. The molecule has 0 bridgehead atoms. The van der Waals surface area contributed by atoms with Gasteiger partial charge in [0.1, 0.15) is 11.5 Å². The molecule has 4 heterocycles. The van der Waals surface area contributed by atoms with Crippen LogP contribution in [0.25, 0.3) is 0 Å². The molecule has 0 unspecified atom stereocenters. The molecule has 8 heteroatoms. The summed E-state index contributed by atoms with van der Waals surface area (Å²) in [6.07, 6.45) is 6.16. The van der Waals surface area contributed by atoms with Crippen LogP contribution < -0.4 is 10.2 Å². The van der Waals surface area contributed by atoms with Gasteiger partial charge in [-0.1, -0.05) is 6.07 Å². The van der Waals surface area contributed by atoms with Gasteiger partial charge >= 0.3 is 0 Å². The summed E-state index contributed by atoms with van der Waals surface area (Å²) >= 11 is 1.30. The third kappa shape index (κ3) is 4.12. The number of aromatic nitrogens is 1. The van der Waals surface area contributed by atoms with E-state index in [0.717, 1.165) is 0 Å². The van der Waals surface area contributed by atoms with Crippen molar-refractivity contribution in [2.45, 2.75) is 12.6 Å². The minimum absolute atomic E-state index is 0.192. The van der Waals surface area contributed by atoms with Crippen molar-refractivity contribution in [3.63, 3.8) is 0 Å². The van der Waals surface area contributed by atoms with E-state index in [2.05, 4.69) is 10.3 Å². The van der Waals surface area contributed by atoms with Crippen LogP contribution in [0.15, 0.2) is 87.7 Å². The molecule has 1 atom stereocenters. The first-order valence-electron chi connectivity index (χ1n) is 8.84. The Morgan fingerprint density at radius 2 is 1.93 bits per heavy atom. The Labute approximate surface area is 170 Å². The number of carbonyl (C=O) groups excluding carboxylic acids is 2. The van der Waals surface area contributed by atoms with E-state index < -0.39 is 11.9 Å². The van der Waals surface area contributed by atoms with Gasteiger partial charge in [0.15, 0.2) is 6.04 Å². The second kappa shape index (κ2) is 8.57. The van der Waals surface area contributed by atoms with Crippen molar-refractivity contribution in [3.8, 4) is 0 Å². The molecule has 1 N–H and O–H groups in total. The van der Waals surface area contributed by atoms with Crippen molar-refractivity contribution < 1.29 is 18.4 Å². The Morgan fingerprint density at radius 3 is 2.59 bits per heavy atom. The first-order chi connectivity index (χ1) is 14.2. The Hall–Kier alpha value is -3.65. The van der Waals surface area contributed by atoms with Crippen molar-refractivity contribution in [1.29, 1.82) is 0 Å². The predicted octanol–water partition coefficient (Wildman–Crippen LogP) is 4.03. The van der Waals surface area contributed by atoms with Crippen molar-refractivity contribution in [2.75, 3.05) is 4.90 Å². The van der Waals surface area contributed by atoms with Crippen molar-refractivity contribution in [2.24, 2.45) is 0 Å². The SMILES string of the molecule is O=C(NCc1ccco1)[C@@H](c1ccco1)N(C(=O)c1cccs1)c1cccnc1. The van der Waals surface area contributed by atoms with Gasteiger partial charge < -0.3 is 14.2 Å². The van der Waals surface area contributed by atoms with Gasteiger partial charge in [0.25, 0.3) is 11.8 Å². The van der Waals surface area contributed by atoms with E-state index in [1.165, 1.54) is 28.8 Å². The van der Waals surface area contributed by atoms with Crippen LogP contribution in [0.5, 0.6) is 0 Å². The number of hydrogen-bond donors (Lipinski definition) is 1. The lowest BCUT2D eigenvalue weighted by molar-refractivity contribution is -0.123. The smallest absolute Gasteiger partial charge is 0.269 e. The normalized spacial score (nSPS) is 11.7. The van der Waals surface area contributed by atoms with Crippen LogP contribution in [-0.2, 0) is 11.3 Å². The van der Waals surface area contributed by atoms with Crippen molar-refractivity contribution in [3.05, 3.63) is 95.2 Å². The van der Waals surface area contributed by atoms with Crippen LogP contribution in [0.1, 0.15) is 27.2 Å². The molecule has 0 fully saturated rings. The predicted molar refractivity (Wildman–Crippen MR) is 107 cm³/mol. The highest BCUT2D eigenvalue weighted by atomic mass is 32.1. The van der Waals surface area contributed by atoms with E-state index in [9.17, 15) is 9.59 Å². The number of nitrogens with zero attached hydrogens (tertiary/aromatic N) is 2. The van der Waals surface area contributed by atoms with Gasteiger partial charge in [-0.05, 0) is 47.8 Å². The number of anilines is 1. The van der Waals surface area contributed by atoms with Gasteiger partial charge in [-0.15, -0.1) is 11.3 Å². The summed E-state index contributed by atoms with van der Waals surface area (Å²) in [5.74, 6) is 0.234. The summed E-state index contributed by atoms with van der Waals surface area (Å²) in [5.41, 5.74) is 0.487. The Balaban J connectivity index is 1.72. The summed E-state index contributed by atoms with van der Waals surface area (Å²) in [5, 5.41) is 4.63.